The van der Waals surface area contributed by atoms with Crippen LogP contribution in [0.1, 0.15) is 41.5 Å². The molecule has 0 amide bonds. The second-order valence-corrected chi connectivity index (χ2v) is 11.6. The van der Waals surface area contributed by atoms with E-state index in [1.54, 1.807) is 13.8 Å². The van der Waals surface area contributed by atoms with Crippen LogP contribution >= 0.6 is 0 Å². The van der Waals surface area contributed by atoms with Gasteiger partial charge in [-0.05, 0) is 13.8 Å². The summed E-state index contributed by atoms with van der Waals surface area (Å²) in [5.74, 6) is -4.54. The van der Waals surface area contributed by atoms with E-state index in [0.29, 0.717) is 0 Å². The second kappa shape index (κ2) is 14.7. The van der Waals surface area contributed by atoms with Crippen LogP contribution in [0.5, 0.6) is 0 Å². The van der Waals surface area contributed by atoms with Crippen molar-refractivity contribution < 1.29 is 83.3 Å². The van der Waals surface area contributed by atoms with Crippen LogP contribution in [0.3, 0.4) is 0 Å². The summed E-state index contributed by atoms with van der Waals surface area (Å²) < 4.78 is 90.7. The number of carbonyl (C=O) groups is 4. The van der Waals surface area contributed by atoms with Crippen molar-refractivity contribution in [1.29, 1.82) is 0 Å². The van der Waals surface area contributed by atoms with Crippen molar-refractivity contribution in [3.8, 4) is 0 Å². The van der Waals surface area contributed by atoms with Gasteiger partial charge in [-0.25, -0.2) is 8.37 Å². The molecule has 3 heterocycles. The molecular formula is C25H38O18S. The van der Waals surface area contributed by atoms with Gasteiger partial charge in [0.15, 0.2) is 36.7 Å². The normalized spacial score (nSPS) is 33.4. The Balaban J connectivity index is 2.11. The lowest BCUT2D eigenvalue weighted by molar-refractivity contribution is -0.329. The van der Waals surface area contributed by atoms with Crippen molar-refractivity contribution in [3.05, 3.63) is 0 Å². The van der Waals surface area contributed by atoms with Crippen molar-refractivity contribution >= 4 is 34.3 Å². The fourth-order valence-corrected chi connectivity index (χ4v) is 5.81. The second-order valence-electron chi connectivity index (χ2n) is 10.4. The summed E-state index contributed by atoms with van der Waals surface area (Å²) in [5, 5.41) is 0. The lowest BCUT2D eigenvalue weighted by Gasteiger charge is -2.45. The van der Waals surface area contributed by atoms with Crippen LogP contribution in [0, 0.1) is 0 Å². The van der Waals surface area contributed by atoms with Gasteiger partial charge in [0.2, 0.25) is 0 Å². The Bertz CT molecular complexity index is 1150. The Morgan fingerprint density at radius 1 is 0.818 bits per heavy atom. The number of methoxy groups -OCH3 is 2. The zero-order valence-corrected chi connectivity index (χ0v) is 26.3. The number of rotatable bonds is 12. The fourth-order valence-electron chi connectivity index (χ4n) is 4.98. The van der Waals surface area contributed by atoms with E-state index in [0.717, 1.165) is 27.7 Å². The molecule has 44 heavy (non-hydrogen) atoms. The Morgan fingerprint density at radius 2 is 1.36 bits per heavy atom. The number of carbonyl (C=O) groups excluding carboxylic acids is 4. The van der Waals surface area contributed by atoms with Gasteiger partial charge in [-0.15, -0.1) is 0 Å². The van der Waals surface area contributed by atoms with Crippen molar-refractivity contribution in [2.24, 2.45) is 0 Å². The van der Waals surface area contributed by atoms with Gasteiger partial charge < -0.3 is 47.4 Å². The van der Waals surface area contributed by atoms with Crippen LogP contribution in [0.2, 0.25) is 0 Å². The van der Waals surface area contributed by atoms with Gasteiger partial charge in [-0.2, -0.15) is 8.42 Å². The average Bonchev–Trinajstić information content (AvgIpc) is 3.42. The first-order valence-electron chi connectivity index (χ1n) is 13.4. The van der Waals surface area contributed by atoms with Gasteiger partial charge >= 0.3 is 34.3 Å². The highest BCUT2D eigenvalue weighted by Gasteiger charge is 2.58. The van der Waals surface area contributed by atoms with Crippen LogP contribution in [-0.4, -0.2) is 127 Å². The quantitative estimate of drug-likeness (QED) is 0.143. The van der Waals surface area contributed by atoms with Gasteiger partial charge in [-0.1, -0.05) is 0 Å². The average molecular weight is 659 g/mol. The van der Waals surface area contributed by atoms with E-state index in [1.165, 1.54) is 14.2 Å². The Labute approximate surface area is 254 Å². The number of ether oxygens (including phenoxy) is 10. The molecule has 252 valence electrons. The van der Waals surface area contributed by atoms with Gasteiger partial charge in [0.1, 0.15) is 37.1 Å². The maximum atomic E-state index is 12.2. The molecule has 0 radical (unpaired) electrons. The van der Waals surface area contributed by atoms with E-state index in [-0.39, 0.29) is 0 Å². The van der Waals surface area contributed by atoms with Crippen LogP contribution in [0.15, 0.2) is 0 Å². The minimum Gasteiger partial charge on any atom is -0.463 e. The summed E-state index contributed by atoms with van der Waals surface area (Å²) in [7, 11) is -1.76. The van der Waals surface area contributed by atoms with Crippen LogP contribution < -0.4 is 0 Å². The summed E-state index contributed by atoms with van der Waals surface area (Å²) in [6.07, 6.45) is -13.8. The maximum absolute atomic E-state index is 12.2. The number of hydrogen-bond acceptors (Lipinski definition) is 18. The molecule has 3 aliphatic rings. The molecule has 0 N–H and O–H groups in total. The zero-order chi connectivity index (χ0) is 33.0. The van der Waals surface area contributed by atoms with Crippen molar-refractivity contribution in [3.63, 3.8) is 0 Å². The van der Waals surface area contributed by atoms with Gasteiger partial charge in [-0.3, -0.25) is 19.2 Å². The monoisotopic (exact) mass is 658 g/mol. The topological polar surface area (TPSA) is 213 Å². The number of esters is 4. The number of hydrogen-bond donors (Lipinski definition) is 0. The third kappa shape index (κ3) is 9.27. The first kappa shape index (κ1) is 36.0. The van der Waals surface area contributed by atoms with Crippen LogP contribution in [0.25, 0.3) is 0 Å². The highest BCUT2D eigenvalue weighted by Crippen LogP contribution is 2.39. The molecule has 0 aromatic carbocycles. The van der Waals surface area contributed by atoms with E-state index in [9.17, 15) is 27.6 Å². The summed E-state index contributed by atoms with van der Waals surface area (Å²) >= 11 is 0. The van der Waals surface area contributed by atoms with E-state index in [2.05, 4.69) is 0 Å². The first-order valence-corrected chi connectivity index (χ1v) is 14.7. The van der Waals surface area contributed by atoms with E-state index >= 15 is 0 Å². The van der Waals surface area contributed by atoms with Crippen molar-refractivity contribution in [2.45, 2.75) is 109 Å². The molecule has 0 saturated carbocycles. The van der Waals surface area contributed by atoms with E-state index < -0.39 is 115 Å². The fraction of sp³-hybridized carbons (Fsp3) is 0.840. The van der Waals surface area contributed by atoms with Crippen molar-refractivity contribution in [1.82, 2.24) is 0 Å². The first-order chi connectivity index (χ1) is 20.5. The summed E-state index contributed by atoms with van der Waals surface area (Å²) in [5.41, 5.74) is 0. The molecule has 3 fully saturated rings. The SMILES string of the molecule is COC(OC)[C@@H]1OC(C)(C)O[C@H]1[C@H](O[C@H]1O[C@H](COC(C)=O)[C@@H](OC(C)=O)[C@H](OC(C)=O)[C@H]1OC(C)=O)[C@H]1COS(=O)(=O)O1. The van der Waals surface area contributed by atoms with Gasteiger partial charge in [0.05, 0.1) is 6.61 Å². The van der Waals surface area contributed by atoms with Crippen molar-refractivity contribution in [2.75, 3.05) is 27.4 Å². The van der Waals surface area contributed by atoms with E-state index in [4.69, 9.17) is 55.7 Å². The third-order valence-electron chi connectivity index (χ3n) is 6.44. The maximum Gasteiger partial charge on any atom is 0.400 e. The van der Waals surface area contributed by atoms with E-state index in [1.807, 2.05) is 0 Å². The molecule has 3 aliphatic heterocycles. The molecule has 18 nitrogen and oxygen atoms in total. The Hall–Kier alpha value is -2.49. The molecule has 3 saturated heterocycles. The highest BCUT2D eigenvalue weighted by atomic mass is 32.3. The lowest BCUT2D eigenvalue weighted by Crippen LogP contribution is -2.64. The molecule has 3 rings (SSSR count). The smallest absolute Gasteiger partial charge is 0.400 e. The molecule has 19 heteroatoms. The van der Waals surface area contributed by atoms with Crippen LogP contribution in [0.4, 0.5) is 0 Å². The molecule has 0 spiro atoms. The highest BCUT2D eigenvalue weighted by molar-refractivity contribution is 7.82. The molecule has 9 atom stereocenters. The van der Waals surface area contributed by atoms with Gasteiger partial charge in [0.25, 0.3) is 0 Å². The summed E-state index contributed by atoms with van der Waals surface area (Å²) in [6, 6.07) is 0. The molecule has 0 bridgehead atoms. The Kier molecular flexibility index (Phi) is 12.1. The summed E-state index contributed by atoms with van der Waals surface area (Å²) in [4.78, 5) is 48.1. The minimum absolute atomic E-state index is 0.520. The third-order valence-corrected chi connectivity index (χ3v) is 7.35. The predicted octanol–water partition coefficient (Wildman–Crippen LogP) is -0.746. The van der Waals surface area contributed by atoms with Crippen LogP contribution in [-0.2, 0) is 85.3 Å². The lowest BCUT2D eigenvalue weighted by atomic mass is 9.97. The molecule has 0 aromatic heterocycles. The molecule has 0 aromatic rings. The standard InChI is InChI=1S/C25H38O18S/c1-11(26)34-9-15-17(36-12(2)27)19(37-13(3)28)21(38-14(4)29)24(39-15)40-18(16-10-35-44(30,31)43-16)20-22(23(32-7)33-8)42-25(5,6)41-20/h15-24H,9-10H2,1-8H3/t15-,16-,17-,18-,19+,20+,21-,22-,24-/m1/s1. The molecule has 0 aliphatic carbocycles. The molecular weight excluding hydrogens is 620 g/mol. The van der Waals surface area contributed by atoms with Gasteiger partial charge in [0, 0.05) is 41.9 Å². The Morgan fingerprint density at radius 3 is 1.86 bits per heavy atom. The minimum atomic E-state index is -4.45. The summed E-state index contributed by atoms with van der Waals surface area (Å²) in [6.45, 7) is 6.42. The molecule has 0 unspecified atom stereocenters. The zero-order valence-electron chi connectivity index (χ0n) is 25.4. The predicted molar refractivity (Wildman–Crippen MR) is 138 cm³/mol. The largest absolute Gasteiger partial charge is 0.463 e.